The van der Waals surface area contributed by atoms with Crippen LogP contribution in [0.25, 0.3) is 0 Å². The van der Waals surface area contributed by atoms with Crippen molar-refractivity contribution >= 4 is 5.78 Å². The molecule has 0 atom stereocenters. The summed E-state index contributed by atoms with van der Waals surface area (Å²) in [5.74, 6) is 1.75. The van der Waals surface area contributed by atoms with Crippen LogP contribution in [0.1, 0.15) is 27.7 Å². The van der Waals surface area contributed by atoms with Crippen LogP contribution in [-0.2, 0) is 14.3 Å². The van der Waals surface area contributed by atoms with E-state index in [2.05, 4.69) is 19.7 Å². The number of hydrogen-bond donors (Lipinski definition) is 0. The Balaban J connectivity index is 5.33. The molecule has 0 saturated heterocycles. The van der Waals surface area contributed by atoms with Crippen LogP contribution in [0.2, 0.25) is 0 Å². The van der Waals surface area contributed by atoms with Crippen molar-refractivity contribution in [3.63, 3.8) is 0 Å². The maximum Gasteiger partial charge on any atom is 0.188 e. The van der Waals surface area contributed by atoms with Gasteiger partial charge in [0.15, 0.2) is 5.78 Å². The zero-order chi connectivity index (χ0) is 20.8. The molecule has 0 aromatic heterocycles. The minimum absolute atomic E-state index is 0.0550. The molecule has 0 fully saturated rings. The summed E-state index contributed by atoms with van der Waals surface area (Å²) in [4.78, 5) is 12.5. The predicted octanol–water partition coefficient (Wildman–Crippen LogP) is 6.29. The lowest BCUT2D eigenvalue weighted by Gasteiger charge is -2.06. The average molecular weight is 367 g/mol. The first-order chi connectivity index (χ1) is 12.8. The molecule has 0 rings (SSSR count). The molecule has 3 nitrogen and oxygen atoms in total. The van der Waals surface area contributed by atoms with Gasteiger partial charge in [-0.3, -0.25) is 4.79 Å². The van der Waals surface area contributed by atoms with Crippen LogP contribution in [0, 0.1) is 0 Å². The highest BCUT2D eigenvalue weighted by Gasteiger charge is 2.07. The predicted molar refractivity (Wildman–Crippen MR) is 115 cm³/mol. The molecular weight excluding hydrogens is 336 g/mol. The summed E-state index contributed by atoms with van der Waals surface area (Å²) in [6, 6.07) is 0. The topological polar surface area (TPSA) is 35.5 Å². The first kappa shape index (κ1) is 23.9. The maximum absolute atomic E-state index is 12.5. The van der Waals surface area contributed by atoms with Gasteiger partial charge in [-0.1, -0.05) is 49.6 Å². The van der Waals surface area contributed by atoms with Gasteiger partial charge in [0.05, 0.1) is 7.11 Å². The summed E-state index contributed by atoms with van der Waals surface area (Å²) in [5.41, 5.74) is 2.08. The zero-order valence-electron chi connectivity index (χ0n) is 17.0. The fraction of sp³-hybridized carbons (Fsp3) is 0.208. The SMILES string of the molecule is C=C/C(=C\C=C(/C)O/C(C=C)=C/C=C(\C)C(=O)C(/C=C\C(=C)C)=C/C)OC. The Kier molecular flexibility index (Phi) is 11.7. The highest BCUT2D eigenvalue weighted by molar-refractivity contribution is 6.09. The Hall–Kier alpha value is -3.07. The molecule has 0 saturated carbocycles. The van der Waals surface area contributed by atoms with Gasteiger partial charge in [-0.2, -0.15) is 0 Å². The zero-order valence-corrected chi connectivity index (χ0v) is 17.0. The second-order valence-corrected chi connectivity index (χ2v) is 5.73. The lowest BCUT2D eigenvalue weighted by atomic mass is 10.0. The Morgan fingerprint density at radius 2 is 1.48 bits per heavy atom. The van der Waals surface area contributed by atoms with E-state index in [1.807, 2.05) is 26.8 Å². The molecule has 0 amide bonds. The summed E-state index contributed by atoms with van der Waals surface area (Å²) in [6.45, 7) is 18.5. The van der Waals surface area contributed by atoms with E-state index in [0.29, 0.717) is 28.4 Å². The average Bonchev–Trinajstić information content (AvgIpc) is 2.65. The molecule has 27 heavy (non-hydrogen) atoms. The largest absolute Gasteiger partial charge is 0.497 e. The van der Waals surface area contributed by atoms with Crippen molar-refractivity contribution in [3.05, 3.63) is 108 Å². The minimum atomic E-state index is -0.0550. The fourth-order valence-electron chi connectivity index (χ4n) is 1.83. The molecular formula is C24H30O3. The lowest BCUT2D eigenvalue weighted by Crippen LogP contribution is -2.02. The monoisotopic (exact) mass is 366 g/mol. The summed E-state index contributed by atoms with van der Waals surface area (Å²) in [6.07, 6.45) is 15.5. The fourth-order valence-corrected chi connectivity index (χ4v) is 1.83. The van der Waals surface area contributed by atoms with Crippen LogP contribution in [0.5, 0.6) is 0 Å². The van der Waals surface area contributed by atoms with Gasteiger partial charge in [-0.15, -0.1) is 0 Å². The molecule has 0 aliphatic heterocycles. The maximum atomic E-state index is 12.5. The van der Waals surface area contributed by atoms with Crippen LogP contribution in [0.4, 0.5) is 0 Å². The molecule has 0 aliphatic carbocycles. The molecule has 0 N–H and O–H groups in total. The molecule has 3 heteroatoms. The van der Waals surface area contributed by atoms with Crippen LogP contribution in [0.3, 0.4) is 0 Å². The van der Waals surface area contributed by atoms with Gasteiger partial charge in [0, 0.05) is 5.57 Å². The highest BCUT2D eigenvalue weighted by atomic mass is 16.5. The number of Topliss-reactive ketones (excluding diaryl/α,β-unsaturated/α-hetero) is 1. The quantitative estimate of drug-likeness (QED) is 0.245. The number of allylic oxidation sites excluding steroid dienone is 13. The third-order valence-corrected chi connectivity index (χ3v) is 3.38. The van der Waals surface area contributed by atoms with Gasteiger partial charge in [-0.25, -0.2) is 0 Å². The van der Waals surface area contributed by atoms with Crippen molar-refractivity contribution in [2.75, 3.05) is 7.11 Å². The van der Waals surface area contributed by atoms with Crippen LogP contribution >= 0.6 is 0 Å². The van der Waals surface area contributed by atoms with E-state index in [-0.39, 0.29) is 5.78 Å². The molecule has 144 valence electrons. The van der Waals surface area contributed by atoms with Crippen molar-refractivity contribution in [2.24, 2.45) is 0 Å². The lowest BCUT2D eigenvalue weighted by molar-refractivity contribution is -0.111. The van der Waals surface area contributed by atoms with Gasteiger partial charge < -0.3 is 9.47 Å². The molecule has 0 aromatic carbocycles. The number of carbonyl (C=O) groups excluding carboxylic acids is 1. The first-order valence-corrected chi connectivity index (χ1v) is 8.57. The summed E-state index contributed by atoms with van der Waals surface area (Å²) in [7, 11) is 1.57. The second kappa shape index (κ2) is 13.2. The molecule has 0 unspecified atom stereocenters. The van der Waals surface area contributed by atoms with Crippen LogP contribution in [-0.4, -0.2) is 12.9 Å². The van der Waals surface area contributed by atoms with Crippen molar-refractivity contribution in [2.45, 2.75) is 27.7 Å². The van der Waals surface area contributed by atoms with E-state index in [1.165, 1.54) is 0 Å². The van der Waals surface area contributed by atoms with Crippen molar-refractivity contribution in [1.29, 1.82) is 0 Å². The number of methoxy groups -OCH3 is 1. The number of ketones is 1. The molecule has 0 aliphatic rings. The number of ether oxygens (including phenoxy) is 2. The van der Waals surface area contributed by atoms with E-state index in [1.54, 1.807) is 62.6 Å². The van der Waals surface area contributed by atoms with Crippen molar-refractivity contribution < 1.29 is 14.3 Å². The van der Waals surface area contributed by atoms with Gasteiger partial charge in [0.25, 0.3) is 0 Å². The van der Waals surface area contributed by atoms with Gasteiger partial charge >= 0.3 is 0 Å². The van der Waals surface area contributed by atoms with Gasteiger partial charge in [0.2, 0.25) is 0 Å². The van der Waals surface area contributed by atoms with Crippen LogP contribution < -0.4 is 0 Å². The van der Waals surface area contributed by atoms with Crippen molar-refractivity contribution in [3.8, 4) is 0 Å². The molecule has 0 aromatic rings. The van der Waals surface area contributed by atoms with E-state index in [0.717, 1.165) is 5.57 Å². The summed E-state index contributed by atoms with van der Waals surface area (Å²) in [5, 5.41) is 0. The van der Waals surface area contributed by atoms with Crippen molar-refractivity contribution in [1.82, 2.24) is 0 Å². The van der Waals surface area contributed by atoms with Crippen LogP contribution in [0.15, 0.2) is 108 Å². The number of carbonyl (C=O) groups is 1. The highest BCUT2D eigenvalue weighted by Crippen LogP contribution is 2.12. The minimum Gasteiger partial charge on any atom is -0.497 e. The Bertz CT molecular complexity index is 750. The molecule has 0 heterocycles. The molecule has 0 radical (unpaired) electrons. The van der Waals surface area contributed by atoms with E-state index in [9.17, 15) is 4.79 Å². The second-order valence-electron chi connectivity index (χ2n) is 5.73. The Morgan fingerprint density at radius 1 is 0.889 bits per heavy atom. The van der Waals surface area contributed by atoms with E-state index < -0.39 is 0 Å². The third kappa shape index (κ3) is 9.85. The van der Waals surface area contributed by atoms with Gasteiger partial charge in [0.1, 0.15) is 17.3 Å². The summed E-state index contributed by atoms with van der Waals surface area (Å²) >= 11 is 0. The molecule has 0 spiro atoms. The normalized spacial score (nSPS) is 14.2. The third-order valence-electron chi connectivity index (χ3n) is 3.38. The van der Waals surface area contributed by atoms with E-state index >= 15 is 0 Å². The standard InChI is InChI=1S/C24H30O3/c1-9-21(15-12-18(4)5)24(25)19(6)13-16-23(11-3)27-20(7)14-17-22(10-2)26-8/h9-17H,2-4H2,1,5-8H3/b15-12-,19-13+,20-14+,21-9+,22-17+,23-16+. The Labute approximate surface area is 163 Å². The first-order valence-electron chi connectivity index (χ1n) is 8.57. The Morgan fingerprint density at radius 3 is 1.96 bits per heavy atom. The summed E-state index contributed by atoms with van der Waals surface area (Å²) < 4.78 is 10.8. The number of rotatable bonds is 11. The molecule has 0 bridgehead atoms. The van der Waals surface area contributed by atoms with E-state index in [4.69, 9.17) is 9.47 Å². The van der Waals surface area contributed by atoms with Gasteiger partial charge in [-0.05, 0) is 63.6 Å². The smallest absolute Gasteiger partial charge is 0.188 e. The number of hydrogen-bond acceptors (Lipinski definition) is 3.